The molecule has 0 spiro atoms. The summed E-state index contributed by atoms with van der Waals surface area (Å²) in [6.45, 7) is 3.83. The molecule has 2 saturated heterocycles. The van der Waals surface area contributed by atoms with E-state index in [0.717, 1.165) is 59.7 Å². The quantitative estimate of drug-likeness (QED) is 0.453. The molecule has 1 N–H and O–H groups in total. The summed E-state index contributed by atoms with van der Waals surface area (Å²) in [4.78, 5) is 25.3. The lowest BCUT2D eigenvalue weighted by Gasteiger charge is -2.41. The molecule has 2 atom stereocenters. The minimum atomic E-state index is 0.00488. The molecule has 3 aliphatic rings. The molecule has 5 heterocycles. The monoisotopic (exact) mass is 500 g/mol. The molecule has 3 fully saturated rings. The standard InChI is InChI=1S/C28H32N6O3/c1-32-25-20(31-27(32)22-13-18-4-3-8-30-26(18)34(22)15-17-5-6-17)12-19(14-24(25)36-2)28(35)33-10-7-23-21(16-33)29-9-11-37-23/h3-4,8,12-14,17,21,23,29H,5-7,9-11,15-16H2,1-2H3/t21-,23+/m0/s1. The Hall–Kier alpha value is -3.43. The Kier molecular flexibility index (Phi) is 5.44. The van der Waals surface area contributed by atoms with E-state index in [1.165, 1.54) is 12.8 Å². The number of hydrogen-bond acceptors (Lipinski definition) is 6. The first-order valence-corrected chi connectivity index (χ1v) is 13.2. The van der Waals surface area contributed by atoms with Gasteiger partial charge < -0.3 is 28.8 Å². The normalized spacial score (nSPS) is 21.9. The van der Waals surface area contributed by atoms with Crippen molar-refractivity contribution in [2.24, 2.45) is 13.0 Å². The summed E-state index contributed by atoms with van der Waals surface area (Å²) >= 11 is 0. The first kappa shape index (κ1) is 22.7. The number of likely N-dealkylation sites (tertiary alicyclic amines) is 1. The van der Waals surface area contributed by atoms with Crippen molar-refractivity contribution in [2.45, 2.75) is 38.0 Å². The van der Waals surface area contributed by atoms with Gasteiger partial charge in [0.05, 0.1) is 37.1 Å². The van der Waals surface area contributed by atoms with Gasteiger partial charge in [0.2, 0.25) is 0 Å². The van der Waals surface area contributed by atoms with Crippen LogP contribution in [0.2, 0.25) is 0 Å². The highest BCUT2D eigenvalue weighted by atomic mass is 16.5. The molecule has 0 bridgehead atoms. The van der Waals surface area contributed by atoms with E-state index in [9.17, 15) is 4.79 Å². The molecule has 2 aliphatic heterocycles. The van der Waals surface area contributed by atoms with Crippen molar-refractivity contribution >= 4 is 28.0 Å². The molecular weight excluding hydrogens is 468 g/mol. The van der Waals surface area contributed by atoms with Crippen molar-refractivity contribution in [1.82, 2.24) is 29.3 Å². The number of aromatic nitrogens is 4. The summed E-state index contributed by atoms with van der Waals surface area (Å²) in [6.07, 6.45) is 5.39. The molecule has 3 aromatic heterocycles. The fourth-order valence-electron chi connectivity index (χ4n) is 5.98. The second-order valence-corrected chi connectivity index (χ2v) is 10.6. The maximum absolute atomic E-state index is 13.6. The smallest absolute Gasteiger partial charge is 0.254 e. The van der Waals surface area contributed by atoms with Gasteiger partial charge in [-0.05, 0) is 55.5 Å². The third-order valence-electron chi connectivity index (χ3n) is 8.10. The van der Waals surface area contributed by atoms with E-state index >= 15 is 0 Å². The number of fused-ring (bicyclic) bond motifs is 3. The van der Waals surface area contributed by atoms with Gasteiger partial charge in [0.15, 0.2) is 5.82 Å². The van der Waals surface area contributed by atoms with Crippen LogP contribution in [0.4, 0.5) is 0 Å². The zero-order chi connectivity index (χ0) is 25.1. The first-order chi connectivity index (χ1) is 18.1. The van der Waals surface area contributed by atoms with Crippen molar-refractivity contribution in [3.05, 3.63) is 42.1 Å². The highest BCUT2D eigenvalue weighted by Gasteiger charge is 2.34. The van der Waals surface area contributed by atoms with Gasteiger partial charge in [-0.25, -0.2) is 9.97 Å². The molecule has 9 nitrogen and oxygen atoms in total. The number of ether oxygens (including phenoxy) is 2. The van der Waals surface area contributed by atoms with Crippen LogP contribution in [-0.2, 0) is 18.3 Å². The number of nitrogens with zero attached hydrogens (tertiary/aromatic N) is 5. The lowest BCUT2D eigenvalue weighted by molar-refractivity contribution is -0.0383. The van der Waals surface area contributed by atoms with E-state index in [1.807, 2.05) is 36.3 Å². The minimum absolute atomic E-state index is 0.00488. The van der Waals surface area contributed by atoms with Crippen molar-refractivity contribution < 1.29 is 14.3 Å². The van der Waals surface area contributed by atoms with E-state index in [2.05, 4.69) is 31.6 Å². The van der Waals surface area contributed by atoms with Crippen molar-refractivity contribution in [1.29, 1.82) is 0 Å². The maximum Gasteiger partial charge on any atom is 0.254 e. The predicted octanol–water partition coefficient (Wildman–Crippen LogP) is 3.21. The lowest BCUT2D eigenvalue weighted by atomic mass is 9.99. The Balaban J connectivity index is 1.28. The first-order valence-electron chi connectivity index (χ1n) is 13.2. The van der Waals surface area contributed by atoms with Gasteiger partial charge in [-0.2, -0.15) is 0 Å². The molecule has 7 rings (SSSR count). The summed E-state index contributed by atoms with van der Waals surface area (Å²) in [7, 11) is 3.67. The fraction of sp³-hybridized carbons (Fsp3) is 0.464. The number of morpholine rings is 1. The molecular formula is C28H32N6O3. The number of piperidine rings is 1. The highest BCUT2D eigenvalue weighted by molar-refractivity contribution is 6.00. The number of hydrogen-bond donors (Lipinski definition) is 1. The van der Waals surface area contributed by atoms with Crippen LogP contribution in [0, 0.1) is 5.92 Å². The Labute approximate surface area is 215 Å². The summed E-state index contributed by atoms with van der Waals surface area (Å²) in [5.41, 5.74) is 4.27. The highest BCUT2D eigenvalue weighted by Crippen LogP contribution is 2.37. The number of carbonyl (C=O) groups excluding carboxylic acids is 1. The average Bonchev–Trinajstić information content (AvgIpc) is 3.60. The van der Waals surface area contributed by atoms with Crippen molar-refractivity contribution in [3.8, 4) is 17.3 Å². The summed E-state index contributed by atoms with van der Waals surface area (Å²) in [6, 6.07) is 10.2. The molecule has 9 heteroatoms. The van der Waals surface area contributed by atoms with Gasteiger partial charge in [-0.15, -0.1) is 0 Å². The van der Waals surface area contributed by atoms with Gasteiger partial charge >= 0.3 is 0 Å². The van der Waals surface area contributed by atoms with Crippen LogP contribution in [0.15, 0.2) is 36.5 Å². The molecule has 37 heavy (non-hydrogen) atoms. The third-order valence-corrected chi connectivity index (χ3v) is 8.10. The third kappa shape index (κ3) is 3.88. The predicted molar refractivity (Wildman–Crippen MR) is 141 cm³/mol. The number of benzene rings is 1. The Bertz CT molecular complexity index is 1500. The van der Waals surface area contributed by atoms with E-state index in [1.54, 1.807) is 7.11 Å². The number of carbonyl (C=O) groups is 1. The van der Waals surface area contributed by atoms with Crippen LogP contribution in [0.5, 0.6) is 5.75 Å². The number of amides is 1. The van der Waals surface area contributed by atoms with Crippen LogP contribution in [-0.4, -0.2) is 75.4 Å². The van der Waals surface area contributed by atoms with Crippen molar-refractivity contribution in [3.63, 3.8) is 0 Å². The largest absolute Gasteiger partial charge is 0.494 e. The zero-order valence-electron chi connectivity index (χ0n) is 21.3. The minimum Gasteiger partial charge on any atom is -0.494 e. The Morgan fingerprint density at radius 3 is 2.97 bits per heavy atom. The van der Waals surface area contributed by atoms with E-state index in [4.69, 9.17) is 14.5 Å². The van der Waals surface area contributed by atoms with Crippen molar-refractivity contribution in [2.75, 3.05) is 33.4 Å². The van der Waals surface area contributed by atoms with Gasteiger partial charge in [-0.3, -0.25) is 4.79 Å². The van der Waals surface area contributed by atoms with Gasteiger partial charge in [0.1, 0.15) is 16.9 Å². The van der Waals surface area contributed by atoms with Gasteiger partial charge in [0.25, 0.3) is 5.91 Å². The number of imidazole rings is 1. The molecule has 1 aliphatic carbocycles. The molecule has 1 amide bonds. The number of aryl methyl sites for hydroxylation is 1. The summed E-state index contributed by atoms with van der Waals surface area (Å²) in [5.74, 6) is 2.20. The molecule has 0 unspecified atom stereocenters. The Morgan fingerprint density at radius 2 is 2.14 bits per heavy atom. The van der Waals surface area contributed by atoms with E-state index in [0.29, 0.717) is 30.3 Å². The van der Waals surface area contributed by atoms with Gasteiger partial charge in [-0.1, -0.05) is 0 Å². The van der Waals surface area contributed by atoms with Crippen LogP contribution < -0.4 is 10.1 Å². The molecule has 0 radical (unpaired) electrons. The number of nitrogens with one attached hydrogen (secondary N) is 1. The van der Waals surface area contributed by atoms with Crippen LogP contribution in [0.25, 0.3) is 33.6 Å². The number of rotatable bonds is 5. The molecule has 1 aromatic carbocycles. The number of pyridine rings is 1. The van der Waals surface area contributed by atoms with Crippen LogP contribution >= 0.6 is 0 Å². The SMILES string of the molecule is COc1cc(C(=O)N2CC[C@H]3OCCN[C@H]3C2)cc2nc(-c3cc4cccnc4n3CC3CC3)n(C)c12. The fourth-order valence-corrected chi connectivity index (χ4v) is 5.98. The second-order valence-electron chi connectivity index (χ2n) is 10.6. The summed E-state index contributed by atoms with van der Waals surface area (Å²) in [5, 5.41) is 4.61. The maximum atomic E-state index is 13.6. The van der Waals surface area contributed by atoms with E-state index in [-0.39, 0.29) is 18.1 Å². The van der Waals surface area contributed by atoms with Crippen LogP contribution in [0.3, 0.4) is 0 Å². The molecule has 4 aromatic rings. The topological polar surface area (TPSA) is 86.4 Å². The second kappa shape index (κ2) is 8.85. The van der Waals surface area contributed by atoms with E-state index < -0.39 is 0 Å². The van der Waals surface area contributed by atoms with Crippen LogP contribution in [0.1, 0.15) is 29.6 Å². The summed E-state index contributed by atoms with van der Waals surface area (Å²) < 4.78 is 16.1. The zero-order valence-corrected chi connectivity index (χ0v) is 21.3. The Morgan fingerprint density at radius 1 is 1.24 bits per heavy atom. The molecule has 192 valence electrons. The van der Waals surface area contributed by atoms with Gasteiger partial charge in [0, 0.05) is 50.4 Å². The lowest BCUT2D eigenvalue weighted by Crippen LogP contribution is -2.59. The number of methoxy groups -OCH3 is 1. The molecule has 1 saturated carbocycles. The average molecular weight is 501 g/mol.